The minimum Gasteiger partial charge on any atom is -0.492 e. The lowest BCUT2D eigenvalue weighted by Crippen LogP contribution is -2.47. The highest BCUT2D eigenvalue weighted by Crippen LogP contribution is 2.17. The minimum absolute atomic E-state index is 0.771. The third kappa shape index (κ3) is 6.67. The molecule has 0 aromatic heterocycles. The average Bonchev–Trinajstić information content (AvgIpc) is 2.53. The molecule has 0 radical (unpaired) electrons. The molecule has 1 heterocycles. The number of hydrogen-bond donors (Lipinski definition) is 0. The summed E-state index contributed by atoms with van der Waals surface area (Å²) in [6, 6.07) is 8.07. The Balaban J connectivity index is 1.55. The van der Waals surface area contributed by atoms with Crippen LogP contribution in [0, 0.1) is 0 Å². The molecule has 0 amide bonds. The van der Waals surface area contributed by atoms with Gasteiger partial charge >= 0.3 is 0 Å². The predicted octanol–water partition coefficient (Wildman–Crippen LogP) is 4.03. The van der Waals surface area contributed by atoms with Crippen LogP contribution in [0.15, 0.2) is 28.7 Å². The van der Waals surface area contributed by atoms with Crippen molar-refractivity contribution in [3.8, 4) is 5.75 Å². The fraction of sp³-hybridized carbons (Fsp3) is 0.667. The first-order valence-corrected chi connectivity index (χ1v) is 9.40. The molecular formula is C18H29BrN2O. The Morgan fingerprint density at radius 2 is 1.73 bits per heavy atom. The van der Waals surface area contributed by atoms with Crippen molar-refractivity contribution in [2.24, 2.45) is 0 Å². The maximum Gasteiger partial charge on any atom is 0.120 e. The lowest BCUT2D eigenvalue weighted by molar-refractivity contribution is 0.115. The van der Waals surface area contributed by atoms with Crippen molar-refractivity contribution in [2.45, 2.75) is 32.6 Å². The zero-order valence-electron chi connectivity index (χ0n) is 13.8. The van der Waals surface area contributed by atoms with E-state index in [1.54, 1.807) is 0 Å². The Hall–Kier alpha value is -0.580. The summed E-state index contributed by atoms with van der Waals surface area (Å²) in [6.07, 6.45) is 5.45. The number of benzene rings is 1. The van der Waals surface area contributed by atoms with Gasteiger partial charge in [-0.05, 0) is 31.2 Å². The predicted molar refractivity (Wildman–Crippen MR) is 96.7 cm³/mol. The second kappa shape index (κ2) is 10.2. The molecule has 1 aromatic rings. The van der Waals surface area contributed by atoms with Crippen LogP contribution in [-0.4, -0.2) is 55.7 Å². The molecule has 0 N–H and O–H groups in total. The van der Waals surface area contributed by atoms with Crippen LogP contribution in [0.4, 0.5) is 0 Å². The molecule has 0 bridgehead atoms. The van der Waals surface area contributed by atoms with E-state index in [0.29, 0.717) is 0 Å². The van der Waals surface area contributed by atoms with Crippen molar-refractivity contribution in [2.75, 3.05) is 45.9 Å². The van der Waals surface area contributed by atoms with Crippen LogP contribution in [0.25, 0.3) is 0 Å². The Labute approximate surface area is 143 Å². The fourth-order valence-electron chi connectivity index (χ4n) is 2.85. The Kier molecular flexibility index (Phi) is 8.27. The molecule has 1 saturated heterocycles. The highest BCUT2D eigenvalue weighted by atomic mass is 79.9. The van der Waals surface area contributed by atoms with Gasteiger partial charge in [0.15, 0.2) is 0 Å². The SMILES string of the molecule is CCCCCCN1CCN(CCOc2cccc(Br)c2)CC1. The van der Waals surface area contributed by atoms with Crippen molar-refractivity contribution < 1.29 is 4.74 Å². The molecule has 0 spiro atoms. The molecule has 1 fully saturated rings. The number of halogens is 1. The Bertz CT molecular complexity index is 419. The maximum atomic E-state index is 5.82. The van der Waals surface area contributed by atoms with E-state index < -0.39 is 0 Å². The molecule has 0 unspecified atom stereocenters. The second-order valence-electron chi connectivity index (χ2n) is 6.05. The van der Waals surface area contributed by atoms with Gasteiger partial charge in [0.1, 0.15) is 12.4 Å². The molecule has 124 valence electrons. The number of rotatable bonds is 9. The van der Waals surface area contributed by atoms with E-state index in [9.17, 15) is 0 Å². The quantitative estimate of drug-likeness (QED) is 0.612. The smallest absolute Gasteiger partial charge is 0.120 e. The van der Waals surface area contributed by atoms with Gasteiger partial charge in [0.05, 0.1) is 0 Å². The summed E-state index contributed by atoms with van der Waals surface area (Å²) in [6.45, 7) is 10.1. The number of hydrogen-bond acceptors (Lipinski definition) is 3. The normalized spacial score (nSPS) is 16.8. The summed E-state index contributed by atoms with van der Waals surface area (Å²) in [4.78, 5) is 5.13. The number of piperazine rings is 1. The largest absolute Gasteiger partial charge is 0.492 e. The average molecular weight is 369 g/mol. The van der Waals surface area contributed by atoms with E-state index in [0.717, 1.165) is 23.4 Å². The first-order valence-electron chi connectivity index (χ1n) is 8.61. The molecule has 4 heteroatoms. The van der Waals surface area contributed by atoms with Gasteiger partial charge < -0.3 is 9.64 Å². The third-order valence-corrected chi connectivity index (χ3v) is 4.76. The molecule has 2 rings (SSSR count). The fourth-order valence-corrected chi connectivity index (χ4v) is 3.23. The first-order chi connectivity index (χ1) is 10.8. The van der Waals surface area contributed by atoms with Crippen LogP contribution < -0.4 is 4.74 Å². The van der Waals surface area contributed by atoms with Crippen molar-refractivity contribution >= 4 is 15.9 Å². The highest BCUT2D eigenvalue weighted by molar-refractivity contribution is 9.10. The van der Waals surface area contributed by atoms with Crippen molar-refractivity contribution in [1.82, 2.24) is 9.80 Å². The summed E-state index contributed by atoms with van der Waals surface area (Å²) in [5.74, 6) is 0.948. The summed E-state index contributed by atoms with van der Waals surface area (Å²) < 4.78 is 6.89. The summed E-state index contributed by atoms with van der Waals surface area (Å²) in [5, 5.41) is 0. The molecule has 22 heavy (non-hydrogen) atoms. The van der Waals surface area contributed by atoms with E-state index in [2.05, 4.69) is 32.7 Å². The van der Waals surface area contributed by atoms with Crippen LogP contribution in [0.5, 0.6) is 5.75 Å². The van der Waals surface area contributed by atoms with Crippen molar-refractivity contribution in [3.63, 3.8) is 0 Å². The molecule has 0 saturated carbocycles. The zero-order chi connectivity index (χ0) is 15.6. The van der Waals surface area contributed by atoms with Gasteiger partial charge in [-0.25, -0.2) is 0 Å². The highest BCUT2D eigenvalue weighted by Gasteiger charge is 2.15. The monoisotopic (exact) mass is 368 g/mol. The summed E-state index contributed by atoms with van der Waals surface area (Å²) in [5.41, 5.74) is 0. The lowest BCUT2D eigenvalue weighted by Gasteiger charge is -2.34. The number of nitrogens with zero attached hydrogens (tertiary/aromatic N) is 2. The van der Waals surface area contributed by atoms with Gasteiger partial charge in [-0.2, -0.15) is 0 Å². The van der Waals surface area contributed by atoms with E-state index in [1.165, 1.54) is 58.4 Å². The number of unbranched alkanes of at least 4 members (excludes halogenated alkanes) is 3. The zero-order valence-corrected chi connectivity index (χ0v) is 15.4. The molecule has 1 aliphatic rings. The number of ether oxygens (including phenoxy) is 1. The van der Waals surface area contributed by atoms with Crippen LogP contribution in [0.1, 0.15) is 32.6 Å². The molecule has 0 atom stereocenters. The molecule has 1 aliphatic heterocycles. The molecular weight excluding hydrogens is 340 g/mol. The van der Waals surface area contributed by atoms with Crippen LogP contribution in [0.3, 0.4) is 0 Å². The van der Waals surface area contributed by atoms with Gasteiger partial charge in [-0.1, -0.05) is 48.2 Å². The van der Waals surface area contributed by atoms with Crippen LogP contribution in [-0.2, 0) is 0 Å². The van der Waals surface area contributed by atoms with Crippen LogP contribution in [0.2, 0.25) is 0 Å². The standard InChI is InChI=1S/C18H29BrN2O/c1-2-3-4-5-9-20-10-12-21(13-11-20)14-15-22-18-8-6-7-17(19)16-18/h6-8,16H,2-5,9-15H2,1H3. The maximum absolute atomic E-state index is 5.82. The van der Waals surface area contributed by atoms with Crippen LogP contribution >= 0.6 is 15.9 Å². The van der Waals surface area contributed by atoms with Gasteiger partial charge in [-0.15, -0.1) is 0 Å². The molecule has 1 aromatic carbocycles. The van der Waals surface area contributed by atoms with E-state index in [-0.39, 0.29) is 0 Å². The van der Waals surface area contributed by atoms with E-state index in [4.69, 9.17) is 4.74 Å². The minimum atomic E-state index is 0.771. The second-order valence-corrected chi connectivity index (χ2v) is 6.97. The third-order valence-electron chi connectivity index (χ3n) is 4.27. The lowest BCUT2D eigenvalue weighted by atomic mass is 10.2. The molecule has 0 aliphatic carbocycles. The van der Waals surface area contributed by atoms with E-state index >= 15 is 0 Å². The summed E-state index contributed by atoms with van der Waals surface area (Å²) in [7, 11) is 0. The molecule has 3 nitrogen and oxygen atoms in total. The van der Waals surface area contributed by atoms with Gasteiger partial charge in [0.25, 0.3) is 0 Å². The van der Waals surface area contributed by atoms with E-state index in [1.807, 2.05) is 24.3 Å². The Morgan fingerprint density at radius 1 is 1.00 bits per heavy atom. The van der Waals surface area contributed by atoms with Crippen molar-refractivity contribution in [3.05, 3.63) is 28.7 Å². The van der Waals surface area contributed by atoms with Crippen molar-refractivity contribution in [1.29, 1.82) is 0 Å². The first kappa shape index (κ1) is 17.8. The topological polar surface area (TPSA) is 15.7 Å². The van der Waals surface area contributed by atoms with Gasteiger partial charge in [0, 0.05) is 37.2 Å². The Morgan fingerprint density at radius 3 is 2.41 bits per heavy atom. The van der Waals surface area contributed by atoms with Gasteiger partial charge in [-0.3, -0.25) is 4.90 Å². The van der Waals surface area contributed by atoms with Gasteiger partial charge in [0.2, 0.25) is 0 Å². The summed E-state index contributed by atoms with van der Waals surface area (Å²) >= 11 is 3.47.